The Bertz CT molecular complexity index is 372. The summed E-state index contributed by atoms with van der Waals surface area (Å²) in [6.45, 7) is 5.23. The lowest BCUT2D eigenvalue weighted by molar-refractivity contribution is 0.263. The van der Waals surface area contributed by atoms with Crippen LogP contribution in [0.3, 0.4) is 0 Å². The minimum absolute atomic E-state index is 0.480. The number of nitrogens with two attached hydrogens (primary N) is 1. The average Bonchev–Trinajstić information content (AvgIpc) is 2.90. The smallest absolute Gasteiger partial charge is 0.123 e. The van der Waals surface area contributed by atoms with Crippen molar-refractivity contribution in [3.05, 3.63) is 29.3 Å². The molecule has 1 saturated heterocycles. The Balaban J connectivity index is 2.20. The van der Waals surface area contributed by atoms with Gasteiger partial charge in [0.15, 0.2) is 0 Å². The largest absolute Gasteiger partial charge is 0.496 e. The third-order valence-corrected chi connectivity index (χ3v) is 3.70. The van der Waals surface area contributed by atoms with E-state index in [1.807, 2.05) is 6.07 Å². The Morgan fingerprint density at radius 1 is 1.35 bits per heavy atom. The van der Waals surface area contributed by atoms with Gasteiger partial charge in [0.25, 0.3) is 0 Å². The highest BCUT2D eigenvalue weighted by atomic mass is 16.5. The second-order valence-corrected chi connectivity index (χ2v) is 4.69. The highest BCUT2D eigenvalue weighted by Gasteiger charge is 2.19. The second kappa shape index (κ2) is 5.52. The van der Waals surface area contributed by atoms with Gasteiger partial charge in [-0.1, -0.05) is 6.07 Å². The van der Waals surface area contributed by atoms with E-state index >= 15 is 0 Å². The number of hydrogen-bond donors (Lipinski definition) is 1. The molecule has 0 aromatic heterocycles. The third-order valence-electron chi connectivity index (χ3n) is 3.70. The summed E-state index contributed by atoms with van der Waals surface area (Å²) < 4.78 is 5.30. The second-order valence-electron chi connectivity index (χ2n) is 4.69. The number of methoxy groups -OCH3 is 1. The van der Waals surface area contributed by atoms with Crippen molar-refractivity contribution < 1.29 is 4.74 Å². The van der Waals surface area contributed by atoms with Gasteiger partial charge in [-0.3, -0.25) is 4.90 Å². The van der Waals surface area contributed by atoms with E-state index < -0.39 is 0 Å². The molecule has 94 valence electrons. The van der Waals surface area contributed by atoms with Gasteiger partial charge in [-0.05, 0) is 50.6 Å². The van der Waals surface area contributed by atoms with Crippen molar-refractivity contribution in [3.63, 3.8) is 0 Å². The van der Waals surface area contributed by atoms with Crippen LogP contribution in [0.1, 0.15) is 36.9 Å². The molecule has 1 aliphatic rings. The fourth-order valence-electron chi connectivity index (χ4n) is 2.56. The molecule has 0 radical (unpaired) electrons. The normalized spacial score (nSPS) is 18.3. The van der Waals surface area contributed by atoms with Crippen LogP contribution in [0.2, 0.25) is 0 Å². The fraction of sp³-hybridized carbons (Fsp3) is 0.571. The fourth-order valence-corrected chi connectivity index (χ4v) is 2.56. The number of ether oxygens (including phenoxy) is 1. The summed E-state index contributed by atoms with van der Waals surface area (Å²) in [5, 5.41) is 0. The van der Waals surface area contributed by atoms with Gasteiger partial charge in [-0.15, -0.1) is 0 Å². The Labute approximate surface area is 104 Å². The molecule has 0 amide bonds. The van der Waals surface area contributed by atoms with Gasteiger partial charge in [0.1, 0.15) is 5.75 Å². The summed E-state index contributed by atoms with van der Waals surface area (Å²) >= 11 is 0. The standard InChI is InChI=1S/C14H22N2O/c1-11(16-7-3-4-8-16)12-5-6-14(17-2)13(9-12)10-15/h5-6,9,11H,3-4,7-8,10,15H2,1-2H3. The van der Waals surface area contributed by atoms with Crippen molar-refractivity contribution in [2.75, 3.05) is 20.2 Å². The highest BCUT2D eigenvalue weighted by molar-refractivity contribution is 5.38. The molecule has 17 heavy (non-hydrogen) atoms. The molecule has 2 N–H and O–H groups in total. The van der Waals surface area contributed by atoms with Crippen LogP contribution in [0.4, 0.5) is 0 Å². The van der Waals surface area contributed by atoms with Crippen LogP contribution in [0.15, 0.2) is 18.2 Å². The molecule has 1 aliphatic heterocycles. The van der Waals surface area contributed by atoms with Crippen molar-refractivity contribution in [3.8, 4) is 5.75 Å². The van der Waals surface area contributed by atoms with Crippen molar-refractivity contribution in [1.29, 1.82) is 0 Å². The van der Waals surface area contributed by atoms with Crippen LogP contribution in [-0.2, 0) is 6.54 Å². The zero-order valence-electron chi connectivity index (χ0n) is 10.8. The summed E-state index contributed by atoms with van der Waals surface area (Å²) in [6.07, 6.45) is 2.65. The van der Waals surface area contributed by atoms with Crippen LogP contribution >= 0.6 is 0 Å². The van der Waals surface area contributed by atoms with Crippen LogP contribution in [0.5, 0.6) is 5.75 Å². The molecule has 0 saturated carbocycles. The molecule has 1 heterocycles. The molecular formula is C14H22N2O. The molecule has 3 heteroatoms. The summed E-state index contributed by atoms with van der Waals surface area (Å²) in [6, 6.07) is 6.85. The van der Waals surface area contributed by atoms with E-state index in [1.54, 1.807) is 7.11 Å². The summed E-state index contributed by atoms with van der Waals surface area (Å²) in [4.78, 5) is 2.53. The quantitative estimate of drug-likeness (QED) is 0.869. The number of hydrogen-bond acceptors (Lipinski definition) is 3. The van der Waals surface area contributed by atoms with E-state index in [4.69, 9.17) is 10.5 Å². The van der Waals surface area contributed by atoms with E-state index in [1.165, 1.54) is 31.5 Å². The molecule has 1 atom stereocenters. The predicted octanol–water partition coefficient (Wildman–Crippen LogP) is 2.31. The molecule has 0 bridgehead atoms. The Morgan fingerprint density at radius 3 is 2.65 bits per heavy atom. The third kappa shape index (κ3) is 2.61. The minimum Gasteiger partial charge on any atom is -0.496 e. The van der Waals surface area contributed by atoms with Gasteiger partial charge in [0.2, 0.25) is 0 Å². The van der Waals surface area contributed by atoms with Crippen molar-refractivity contribution in [2.24, 2.45) is 5.73 Å². The molecular weight excluding hydrogens is 212 g/mol. The lowest BCUT2D eigenvalue weighted by Crippen LogP contribution is -2.23. The zero-order valence-corrected chi connectivity index (χ0v) is 10.8. The van der Waals surface area contributed by atoms with Crippen LogP contribution in [0, 0.1) is 0 Å². The average molecular weight is 234 g/mol. The summed E-state index contributed by atoms with van der Waals surface area (Å²) in [5.74, 6) is 0.893. The van der Waals surface area contributed by atoms with E-state index in [0.717, 1.165) is 11.3 Å². The van der Waals surface area contributed by atoms with Crippen molar-refractivity contribution in [1.82, 2.24) is 4.90 Å². The molecule has 2 rings (SSSR count). The first-order valence-electron chi connectivity index (χ1n) is 6.37. The number of rotatable bonds is 4. The molecule has 1 fully saturated rings. The van der Waals surface area contributed by atoms with E-state index in [9.17, 15) is 0 Å². The van der Waals surface area contributed by atoms with Crippen molar-refractivity contribution >= 4 is 0 Å². The lowest BCUT2D eigenvalue weighted by Gasteiger charge is -2.24. The topological polar surface area (TPSA) is 38.5 Å². The molecule has 1 aromatic rings. The first-order chi connectivity index (χ1) is 8.26. The first kappa shape index (κ1) is 12.4. The summed E-state index contributed by atoms with van der Waals surface area (Å²) in [5.41, 5.74) is 8.19. The maximum Gasteiger partial charge on any atom is 0.123 e. The van der Waals surface area contributed by atoms with Crippen LogP contribution < -0.4 is 10.5 Å². The number of likely N-dealkylation sites (tertiary alicyclic amines) is 1. The molecule has 1 unspecified atom stereocenters. The molecule has 1 aromatic carbocycles. The van der Waals surface area contributed by atoms with Gasteiger partial charge >= 0.3 is 0 Å². The van der Waals surface area contributed by atoms with Crippen LogP contribution in [0.25, 0.3) is 0 Å². The molecule has 0 aliphatic carbocycles. The maximum atomic E-state index is 5.76. The predicted molar refractivity (Wildman–Crippen MR) is 70.1 cm³/mol. The first-order valence-corrected chi connectivity index (χ1v) is 6.37. The van der Waals surface area contributed by atoms with Gasteiger partial charge in [-0.25, -0.2) is 0 Å². The van der Waals surface area contributed by atoms with Gasteiger partial charge in [-0.2, -0.15) is 0 Å². The van der Waals surface area contributed by atoms with E-state index in [-0.39, 0.29) is 0 Å². The van der Waals surface area contributed by atoms with Crippen LogP contribution in [-0.4, -0.2) is 25.1 Å². The van der Waals surface area contributed by atoms with Crippen molar-refractivity contribution in [2.45, 2.75) is 32.4 Å². The lowest BCUT2D eigenvalue weighted by atomic mass is 10.0. The number of nitrogens with zero attached hydrogens (tertiary/aromatic N) is 1. The SMILES string of the molecule is COc1ccc(C(C)N2CCCC2)cc1CN. The Kier molecular flexibility index (Phi) is 4.02. The van der Waals surface area contributed by atoms with E-state index in [2.05, 4.69) is 24.0 Å². The monoisotopic (exact) mass is 234 g/mol. The number of benzene rings is 1. The zero-order chi connectivity index (χ0) is 12.3. The van der Waals surface area contributed by atoms with Gasteiger partial charge < -0.3 is 10.5 Å². The van der Waals surface area contributed by atoms with Gasteiger partial charge in [0, 0.05) is 18.2 Å². The maximum absolute atomic E-state index is 5.76. The Hall–Kier alpha value is -1.06. The minimum atomic E-state index is 0.480. The summed E-state index contributed by atoms with van der Waals surface area (Å²) in [7, 11) is 1.69. The molecule has 0 spiro atoms. The van der Waals surface area contributed by atoms with Gasteiger partial charge in [0.05, 0.1) is 7.11 Å². The molecule has 3 nitrogen and oxygen atoms in total. The van der Waals surface area contributed by atoms with E-state index in [0.29, 0.717) is 12.6 Å². The Morgan fingerprint density at radius 2 is 2.06 bits per heavy atom. The highest BCUT2D eigenvalue weighted by Crippen LogP contribution is 2.28.